The zero-order valence-electron chi connectivity index (χ0n) is 13.7. The van der Waals surface area contributed by atoms with Gasteiger partial charge in [0.25, 0.3) is 0 Å². The van der Waals surface area contributed by atoms with Crippen molar-refractivity contribution in [2.75, 3.05) is 17.7 Å². The Kier molecular flexibility index (Phi) is 4.61. The number of aryl methyl sites for hydroxylation is 1. The monoisotopic (exact) mass is 321 g/mol. The molecule has 2 N–H and O–H groups in total. The van der Waals surface area contributed by atoms with E-state index in [1.54, 1.807) is 0 Å². The molecule has 0 atom stereocenters. The molecule has 0 fully saturated rings. The zero-order chi connectivity index (χ0) is 16.9. The van der Waals surface area contributed by atoms with E-state index in [9.17, 15) is 4.79 Å². The van der Waals surface area contributed by atoms with Crippen molar-refractivity contribution in [1.29, 1.82) is 0 Å². The molecule has 1 aromatic heterocycles. The molecule has 0 aliphatic rings. The van der Waals surface area contributed by atoms with Crippen LogP contribution in [0.2, 0.25) is 0 Å². The van der Waals surface area contributed by atoms with Crippen LogP contribution in [0.1, 0.15) is 11.1 Å². The van der Waals surface area contributed by atoms with Crippen molar-refractivity contribution in [2.24, 2.45) is 0 Å². The molecule has 0 aliphatic carbocycles. The van der Waals surface area contributed by atoms with E-state index in [-0.39, 0.29) is 0 Å². The number of methoxy groups -OCH3 is 1. The summed E-state index contributed by atoms with van der Waals surface area (Å²) in [7, 11) is 1.34. The van der Waals surface area contributed by atoms with Gasteiger partial charge in [0.15, 0.2) is 0 Å². The first-order valence-electron chi connectivity index (χ1n) is 7.70. The van der Waals surface area contributed by atoms with Gasteiger partial charge in [-0.2, -0.15) is 0 Å². The third-order valence-electron chi connectivity index (χ3n) is 3.78. The van der Waals surface area contributed by atoms with E-state index in [0.717, 1.165) is 16.9 Å². The number of aromatic nitrogens is 1. The van der Waals surface area contributed by atoms with Crippen LogP contribution in [0.25, 0.3) is 10.9 Å². The Hall–Kier alpha value is -3.08. The summed E-state index contributed by atoms with van der Waals surface area (Å²) < 4.78 is 4.57. The molecule has 0 radical (unpaired) electrons. The Morgan fingerprint density at radius 3 is 2.62 bits per heavy atom. The van der Waals surface area contributed by atoms with Crippen molar-refractivity contribution in [1.82, 2.24) is 4.98 Å². The van der Waals surface area contributed by atoms with E-state index in [4.69, 9.17) is 0 Å². The van der Waals surface area contributed by atoms with Crippen molar-refractivity contribution in [3.05, 3.63) is 65.7 Å². The van der Waals surface area contributed by atoms with Gasteiger partial charge >= 0.3 is 6.09 Å². The summed E-state index contributed by atoms with van der Waals surface area (Å²) in [5.41, 5.74) is 3.97. The first kappa shape index (κ1) is 15.8. The summed E-state index contributed by atoms with van der Waals surface area (Å²) in [5.74, 6) is 0.850. The van der Waals surface area contributed by atoms with Crippen LogP contribution in [0.3, 0.4) is 0 Å². The number of pyridine rings is 1. The number of hydrogen-bond donors (Lipinski definition) is 2. The lowest BCUT2D eigenvalue weighted by atomic mass is 10.1. The standard InChI is InChI=1S/C19H19N3O2/c1-13-11-18(22-17-6-4-3-5-16(13)17)20-12-14-7-9-15(10-8-14)21-19(23)24-2/h3-11H,12H2,1-2H3,(H,20,22)(H,21,23). The molecule has 122 valence electrons. The second-order valence-corrected chi connectivity index (χ2v) is 5.51. The van der Waals surface area contributed by atoms with Gasteiger partial charge in [-0.05, 0) is 42.3 Å². The number of nitrogens with one attached hydrogen (secondary N) is 2. The Morgan fingerprint density at radius 2 is 1.88 bits per heavy atom. The molecular formula is C19H19N3O2. The van der Waals surface area contributed by atoms with Crippen LogP contribution < -0.4 is 10.6 Å². The minimum Gasteiger partial charge on any atom is -0.453 e. The number of amides is 1. The average molecular weight is 321 g/mol. The zero-order valence-corrected chi connectivity index (χ0v) is 13.7. The van der Waals surface area contributed by atoms with Gasteiger partial charge < -0.3 is 10.1 Å². The molecular weight excluding hydrogens is 302 g/mol. The smallest absolute Gasteiger partial charge is 0.411 e. The van der Waals surface area contributed by atoms with Crippen LogP contribution in [0, 0.1) is 6.92 Å². The number of rotatable bonds is 4. The van der Waals surface area contributed by atoms with Crippen LogP contribution in [0.15, 0.2) is 54.6 Å². The highest BCUT2D eigenvalue weighted by atomic mass is 16.5. The predicted octanol–water partition coefficient (Wildman–Crippen LogP) is 4.33. The number of para-hydroxylation sites is 1. The van der Waals surface area contributed by atoms with Gasteiger partial charge in [0, 0.05) is 17.6 Å². The summed E-state index contributed by atoms with van der Waals surface area (Å²) in [5, 5.41) is 7.14. The molecule has 0 saturated heterocycles. The quantitative estimate of drug-likeness (QED) is 0.750. The van der Waals surface area contributed by atoms with Gasteiger partial charge in [-0.1, -0.05) is 30.3 Å². The highest BCUT2D eigenvalue weighted by Gasteiger charge is 2.03. The largest absolute Gasteiger partial charge is 0.453 e. The maximum Gasteiger partial charge on any atom is 0.411 e. The molecule has 1 heterocycles. The lowest BCUT2D eigenvalue weighted by molar-refractivity contribution is 0.187. The van der Waals surface area contributed by atoms with Crippen molar-refractivity contribution in [3.63, 3.8) is 0 Å². The number of nitrogens with zero attached hydrogens (tertiary/aromatic N) is 1. The van der Waals surface area contributed by atoms with Crippen LogP contribution in [-0.4, -0.2) is 18.2 Å². The fourth-order valence-electron chi connectivity index (χ4n) is 2.51. The minimum absolute atomic E-state index is 0.475. The molecule has 0 aliphatic heterocycles. The Bertz CT molecular complexity index is 860. The number of benzene rings is 2. The number of carbonyl (C=O) groups is 1. The minimum atomic E-state index is -0.475. The number of carbonyl (C=O) groups excluding carboxylic acids is 1. The topological polar surface area (TPSA) is 63.2 Å². The van der Waals surface area contributed by atoms with E-state index >= 15 is 0 Å². The highest BCUT2D eigenvalue weighted by Crippen LogP contribution is 2.20. The van der Waals surface area contributed by atoms with Crippen LogP contribution in [0.5, 0.6) is 0 Å². The summed E-state index contributed by atoms with van der Waals surface area (Å²) in [4.78, 5) is 15.8. The van der Waals surface area contributed by atoms with Gasteiger partial charge in [-0.15, -0.1) is 0 Å². The van der Waals surface area contributed by atoms with Gasteiger partial charge in [0.2, 0.25) is 0 Å². The number of fused-ring (bicyclic) bond motifs is 1. The molecule has 5 heteroatoms. The molecule has 3 rings (SSSR count). The Balaban J connectivity index is 1.68. The third kappa shape index (κ3) is 3.63. The molecule has 0 bridgehead atoms. The van der Waals surface area contributed by atoms with Crippen molar-refractivity contribution in [2.45, 2.75) is 13.5 Å². The summed E-state index contributed by atoms with van der Waals surface area (Å²) in [6.07, 6.45) is -0.475. The van der Waals surface area contributed by atoms with Crippen molar-refractivity contribution < 1.29 is 9.53 Å². The van der Waals surface area contributed by atoms with Gasteiger partial charge in [0.05, 0.1) is 12.6 Å². The molecule has 24 heavy (non-hydrogen) atoms. The maximum atomic E-state index is 11.2. The van der Waals surface area contributed by atoms with E-state index in [1.165, 1.54) is 18.1 Å². The summed E-state index contributed by atoms with van der Waals surface area (Å²) in [6, 6.07) is 17.7. The molecule has 3 aromatic rings. The predicted molar refractivity (Wildman–Crippen MR) is 96.3 cm³/mol. The van der Waals surface area contributed by atoms with Gasteiger partial charge in [-0.25, -0.2) is 9.78 Å². The SMILES string of the molecule is COC(=O)Nc1ccc(CNc2cc(C)c3ccccc3n2)cc1. The van der Waals surface area contributed by atoms with Crippen molar-refractivity contribution in [3.8, 4) is 0 Å². The van der Waals surface area contributed by atoms with Crippen LogP contribution >= 0.6 is 0 Å². The fourth-order valence-corrected chi connectivity index (χ4v) is 2.51. The van der Waals surface area contributed by atoms with Gasteiger partial charge in [0.1, 0.15) is 5.82 Å². The fraction of sp³-hybridized carbons (Fsp3) is 0.158. The molecule has 0 spiro atoms. The van der Waals surface area contributed by atoms with E-state index in [2.05, 4.69) is 39.4 Å². The van der Waals surface area contributed by atoms with Crippen LogP contribution in [0.4, 0.5) is 16.3 Å². The second kappa shape index (κ2) is 7.00. The Labute approximate surface area is 140 Å². The molecule has 2 aromatic carbocycles. The molecule has 0 unspecified atom stereocenters. The average Bonchev–Trinajstić information content (AvgIpc) is 2.61. The lowest BCUT2D eigenvalue weighted by Gasteiger charge is -2.10. The number of ether oxygens (including phenoxy) is 1. The Morgan fingerprint density at radius 1 is 1.12 bits per heavy atom. The summed E-state index contributed by atoms with van der Waals surface area (Å²) in [6.45, 7) is 2.74. The van der Waals surface area contributed by atoms with E-state index in [1.807, 2.05) is 42.5 Å². The maximum absolute atomic E-state index is 11.2. The number of hydrogen-bond acceptors (Lipinski definition) is 4. The molecule has 0 saturated carbocycles. The van der Waals surface area contributed by atoms with Crippen molar-refractivity contribution >= 4 is 28.5 Å². The van der Waals surface area contributed by atoms with E-state index in [0.29, 0.717) is 12.2 Å². The molecule has 5 nitrogen and oxygen atoms in total. The number of anilines is 2. The first-order valence-corrected chi connectivity index (χ1v) is 7.70. The third-order valence-corrected chi connectivity index (χ3v) is 3.78. The second-order valence-electron chi connectivity index (χ2n) is 5.51. The summed E-state index contributed by atoms with van der Waals surface area (Å²) >= 11 is 0. The first-order chi connectivity index (χ1) is 11.7. The van der Waals surface area contributed by atoms with Crippen LogP contribution in [-0.2, 0) is 11.3 Å². The highest BCUT2D eigenvalue weighted by molar-refractivity contribution is 5.84. The molecule has 1 amide bonds. The van der Waals surface area contributed by atoms with E-state index < -0.39 is 6.09 Å². The normalized spacial score (nSPS) is 10.4. The lowest BCUT2D eigenvalue weighted by Crippen LogP contribution is -2.10. The van der Waals surface area contributed by atoms with Gasteiger partial charge in [-0.3, -0.25) is 5.32 Å².